The van der Waals surface area contributed by atoms with E-state index in [4.69, 9.17) is 11.6 Å². The number of benzene rings is 2. The SMILES string of the molecule is CC1CCCCN1C1=C(Cl)C(=O)N(c2cccc3ccccc23)C1=O. The van der Waals surface area contributed by atoms with Crippen molar-refractivity contribution < 1.29 is 9.59 Å². The maximum Gasteiger partial charge on any atom is 0.283 e. The van der Waals surface area contributed by atoms with Crippen molar-refractivity contribution in [2.24, 2.45) is 0 Å². The lowest BCUT2D eigenvalue weighted by Gasteiger charge is -2.35. The Kier molecular flexibility index (Phi) is 4.00. The molecule has 0 aromatic heterocycles. The molecule has 1 unspecified atom stereocenters. The molecule has 0 N–H and O–H groups in total. The Morgan fingerprint density at radius 1 is 1.00 bits per heavy atom. The molecule has 1 atom stereocenters. The van der Waals surface area contributed by atoms with Gasteiger partial charge in [-0.1, -0.05) is 48.0 Å². The second-order valence-corrected chi connectivity index (χ2v) is 7.02. The normalized spacial score (nSPS) is 21.6. The first-order valence-corrected chi connectivity index (χ1v) is 9.00. The second kappa shape index (κ2) is 6.19. The van der Waals surface area contributed by atoms with E-state index in [-0.39, 0.29) is 17.0 Å². The van der Waals surface area contributed by atoms with E-state index < -0.39 is 5.91 Å². The minimum atomic E-state index is -0.434. The van der Waals surface area contributed by atoms with E-state index in [0.29, 0.717) is 11.4 Å². The molecule has 25 heavy (non-hydrogen) atoms. The van der Waals surface area contributed by atoms with E-state index in [2.05, 4.69) is 6.92 Å². The van der Waals surface area contributed by atoms with Crippen LogP contribution in [0.15, 0.2) is 53.2 Å². The Hall–Kier alpha value is -2.33. The zero-order valence-corrected chi connectivity index (χ0v) is 14.8. The zero-order valence-electron chi connectivity index (χ0n) is 14.0. The number of imide groups is 1. The van der Waals surface area contributed by atoms with E-state index in [1.165, 1.54) is 4.90 Å². The molecule has 2 amide bonds. The smallest absolute Gasteiger partial charge is 0.283 e. The summed E-state index contributed by atoms with van der Waals surface area (Å²) < 4.78 is 0. The molecule has 2 aromatic carbocycles. The fraction of sp³-hybridized carbons (Fsp3) is 0.300. The Bertz CT molecular complexity index is 900. The van der Waals surface area contributed by atoms with Crippen LogP contribution in [0.1, 0.15) is 26.2 Å². The average Bonchev–Trinajstić information content (AvgIpc) is 2.84. The van der Waals surface area contributed by atoms with E-state index >= 15 is 0 Å². The summed E-state index contributed by atoms with van der Waals surface area (Å²) in [5, 5.41) is 1.88. The third-order valence-corrected chi connectivity index (χ3v) is 5.44. The molecule has 1 fully saturated rings. The van der Waals surface area contributed by atoms with Crippen LogP contribution in [0.4, 0.5) is 5.69 Å². The fourth-order valence-electron chi connectivity index (χ4n) is 3.79. The summed E-state index contributed by atoms with van der Waals surface area (Å²) in [6.07, 6.45) is 3.15. The third-order valence-electron chi connectivity index (χ3n) is 5.10. The van der Waals surface area contributed by atoms with Crippen LogP contribution in [0, 0.1) is 0 Å². The molecule has 5 heteroatoms. The van der Waals surface area contributed by atoms with Gasteiger partial charge in [-0.05, 0) is 37.6 Å². The lowest BCUT2D eigenvalue weighted by Crippen LogP contribution is -2.41. The molecule has 1 saturated heterocycles. The molecule has 4 rings (SSSR count). The van der Waals surface area contributed by atoms with Crippen LogP contribution in [-0.4, -0.2) is 29.3 Å². The molecule has 2 aromatic rings. The first-order chi connectivity index (χ1) is 12.1. The second-order valence-electron chi connectivity index (χ2n) is 6.64. The summed E-state index contributed by atoms with van der Waals surface area (Å²) >= 11 is 6.34. The Morgan fingerprint density at radius 3 is 2.56 bits per heavy atom. The van der Waals surface area contributed by atoms with Crippen molar-refractivity contribution in [1.29, 1.82) is 0 Å². The molecule has 2 aliphatic rings. The number of likely N-dealkylation sites (tertiary alicyclic amines) is 1. The van der Waals surface area contributed by atoms with E-state index in [0.717, 1.165) is 36.6 Å². The van der Waals surface area contributed by atoms with Gasteiger partial charge in [0.2, 0.25) is 0 Å². The van der Waals surface area contributed by atoms with Gasteiger partial charge < -0.3 is 4.90 Å². The van der Waals surface area contributed by atoms with Gasteiger partial charge in [-0.15, -0.1) is 0 Å². The summed E-state index contributed by atoms with van der Waals surface area (Å²) in [5.41, 5.74) is 0.942. The van der Waals surface area contributed by atoms with Gasteiger partial charge in [-0.25, -0.2) is 4.90 Å². The summed E-state index contributed by atoms with van der Waals surface area (Å²) in [6.45, 7) is 2.84. The predicted molar refractivity (Wildman–Crippen MR) is 99.3 cm³/mol. The van der Waals surface area contributed by atoms with Crippen LogP contribution < -0.4 is 4.90 Å². The number of rotatable bonds is 2. The molecule has 2 heterocycles. The van der Waals surface area contributed by atoms with Crippen molar-refractivity contribution in [3.8, 4) is 0 Å². The standard InChI is InChI=1S/C20H19ClN2O2/c1-13-7-4-5-12-22(13)18-17(21)19(24)23(20(18)25)16-11-6-9-14-8-2-3-10-15(14)16/h2-3,6,8-11,13H,4-5,7,12H2,1H3. The van der Waals surface area contributed by atoms with Crippen LogP contribution in [-0.2, 0) is 9.59 Å². The van der Waals surface area contributed by atoms with Gasteiger partial charge in [0.05, 0.1) is 5.69 Å². The fourth-order valence-corrected chi connectivity index (χ4v) is 4.07. The van der Waals surface area contributed by atoms with Gasteiger partial charge >= 0.3 is 0 Å². The largest absolute Gasteiger partial charge is 0.363 e. The lowest BCUT2D eigenvalue weighted by molar-refractivity contribution is -0.121. The summed E-state index contributed by atoms with van der Waals surface area (Å²) in [7, 11) is 0. The van der Waals surface area contributed by atoms with Crippen LogP contribution in [0.2, 0.25) is 0 Å². The molecular weight excluding hydrogens is 336 g/mol. The molecule has 128 valence electrons. The molecule has 0 bridgehead atoms. The minimum absolute atomic E-state index is 0.0340. The molecule has 0 aliphatic carbocycles. The Morgan fingerprint density at radius 2 is 1.76 bits per heavy atom. The predicted octanol–water partition coefficient (Wildman–Crippen LogP) is 4.04. The van der Waals surface area contributed by atoms with Gasteiger partial charge in [-0.3, -0.25) is 9.59 Å². The number of carbonyl (C=O) groups is 2. The third kappa shape index (κ3) is 2.52. The Labute approximate surface area is 151 Å². The summed E-state index contributed by atoms with van der Waals surface area (Å²) in [4.78, 5) is 29.2. The Balaban J connectivity index is 1.78. The molecule has 0 saturated carbocycles. The van der Waals surface area contributed by atoms with Crippen molar-refractivity contribution >= 4 is 39.9 Å². The number of halogens is 1. The van der Waals surface area contributed by atoms with Crippen molar-refractivity contribution in [2.75, 3.05) is 11.4 Å². The van der Waals surface area contributed by atoms with Gasteiger partial charge in [0, 0.05) is 18.0 Å². The zero-order chi connectivity index (χ0) is 17.6. The number of carbonyl (C=O) groups excluding carboxylic acids is 2. The molecule has 4 nitrogen and oxygen atoms in total. The number of fused-ring (bicyclic) bond motifs is 1. The van der Waals surface area contributed by atoms with Crippen molar-refractivity contribution in [2.45, 2.75) is 32.2 Å². The highest BCUT2D eigenvalue weighted by Crippen LogP contribution is 2.36. The van der Waals surface area contributed by atoms with E-state index in [1.54, 1.807) is 6.07 Å². The first-order valence-electron chi connectivity index (χ1n) is 8.62. The van der Waals surface area contributed by atoms with E-state index in [1.807, 2.05) is 41.3 Å². The highest BCUT2D eigenvalue weighted by molar-refractivity contribution is 6.53. The van der Waals surface area contributed by atoms with Crippen LogP contribution in [0.3, 0.4) is 0 Å². The van der Waals surface area contributed by atoms with Crippen LogP contribution in [0.5, 0.6) is 0 Å². The highest BCUT2D eigenvalue weighted by Gasteiger charge is 2.43. The number of anilines is 1. The van der Waals surface area contributed by atoms with Gasteiger partial charge in [0.25, 0.3) is 11.8 Å². The lowest BCUT2D eigenvalue weighted by atomic mass is 10.0. The van der Waals surface area contributed by atoms with Gasteiger partial charge in [-0.2, -0.15) is 0 Å². The number of nitrogens with zero attached hydrogens (tertiary/aromatic N) is 2. The quantitative estimate of drug-likeness (QED) is 0.764. The van der Waals surface area contributed by atoms with Crippen molar-refractivity contribution in [3.05, 3.63) is 53.2 Å². The molecule has 0 spiro atoms. The van der Waals surface area contributed by atoms with Gasteiger partial charge in [0.15, 0.2) is 0 Å². The summed E-state index contributed by atoms with van der Waals surface area (Å²) in [5.74, 6) is -0.754. The van der Waals surface area contributed by atoms with Crippen LogP contribution >= 0.6 is 11.6 Å². The molecule has 0 radical (unpaired) electrons. The van der Waals surface area contributed by atoms with E-state index in [9.17, 15) is 9.59 Å². The number of piperidine rings is 1. The molecule has 2 aliphatic heterocycles. The van der Waals surface area contributed by atoms with Crippen LogP contribution in [0.25, 0.3) is 10.8 Å². The van der Waals surface area contributed by atoms with Crippen molar-refractivity contribution in [1.82, 2.24) is 4.90 Å². The molecular formula is C20H19ClN2O2. The topological polar surface area (TPSA) is 40.6 Å². The maximum atomic E-state index is 13.1. The van der Waals surface area contributed by atoms with Gasteiger partial charge in [0.1, 0.15) is 10.7 Å². The minimum Gasteiger partial charge on any atom is -0.363 e. The maximum absolute atomic E-state index is 13.1. The number of hydrogen-bond donors (Lipinski definition) is 0. The number of amides is 2. The number of hydrogen-bond acceptors (Lipinski definition) is 3. The van der Waals surface area contributed by atoms with Crippen molar-refractivity contribution in [3.63, 3.8) is 0 Å². The highest BCUT2D eigenvalue weighted by atomic mass is 35.5. The first kappa shape index (κ1) is 16.2. The average molecular weight is 355 g/mol. The monoisotopic (exact) mass is 354 g/mol. The summed E-state index contributed by atoms with van der Waals surface area (Å²) in [6, 6.07) is 13.5.